The smallest absolute Gasteiger partial charge is 0.246 e. The number of amides is 3. The second-order valence-corrected chi connectivity index (χ2v) is 8.91. The van der Waals surface area contributed by atoms with Crippen LogP contribution in [0.1, 0.15) is 12.5 Å². The number of sulfone groups is 1. The predicted molar refractivity (Wildman–Crippen MR) is 99.7 cm³/mol. The molecule has 8 nitrogen and oxygen atoms in total. The lowest BCUT2D eigenvalue weighted by atomic mass is 10.1. The molecule has 1 atom stereocenters. The van der Waals surface area contributed by atoms with Gasteiger partial charge in [0, 0.05) is 40.4 Å². The van der Waals surface area contributed by atoms with Crippen LogP contribution < -0.4 is 0 Å². The van der Waals surface area contributed by atoms with Gasteiger partial charge in [0.05, 0.1) is 17.9 Å². The van der Waals surface area contributed by atoms with Crippen molar-refractivity contribution in [2.24, 2.45) is 0 Å². The van der Waals surface area contributed by atoms with Crippen molar-refractivity contribution in [2.45, 2.75) is 24.3 Å². The molecular weight excluding hydrogens is 370 g/mol. The SMILES string of the molecule is CC(=O)N1CCN(C(=O)Cc2ccc(S(C)(=O)=O)cc2)[C@H](C(=O)N(C)C)C1. The summed E-state index contributed by atoms with van der Waals surface area (Å²) in [6.07, 6.45) is 1.18. The highest BCUT2D eigenvalue weighted by Crippen LogP contribution is 2.16. The first-order chi connectivity index (χ1) is 12.5. The van der Waals surface area contributed by atoms with E-state index in [1.807, 2.05) is 0 Å². The maximum atomic E-state index is 12.8. The lowest BCUT2D eigenvalue weighted by Gasteiger charge is -2.41. The predicted octanol–water partition coefficient (Wildman–Crippen LogP) is -0.220. The molecule has 3 amide bonds. The van der Waals surface area contributed by atoms with Gasteiger partial charge < -0.3 is 14.7 Å². The van der Waals surface area contributed by atoms with E-state index in [1.54, 1.807) is 31.1 Å². The van der Waals surface area contributed by atoms with Gasteiger partial charge in [-0.15, -0.1) is 0 Å². The van der Waals surface area contributed by atoms with Gasteiger partial charge in [-0.2, -0.15) is 0 Å². The Balaban J connectivity index is 2.17. The largest absolute Gasteiger partial charge is 0.347 e. The standard InChI is InChI=1S/C18H25N3O5S/c1-13(22)20-9-10-21(16(12-20)18(24)19(2)3)17(23)11-14-5-7-15(8-6-14)27(4,25)26/h5-8,16H,9-12H2,1-4H3/t16-/m0/s1. The Bertz CT molecular complexity index is 833. The van der Waals surface area contributed by atoms with Crippen molar-refractivity contribution in [1.29, 1.82) is 0 Å². The van der Waals surface area contributed by atoms with Crippen LogP contribution in [0.2, 0.25) is 0 Å². The average molecular weight is 395 g/mol. The zero-order valence-electron chi connectivity index (χ0n) is 16.0. The first kappa shape index (κ1) is 20.9. The third-order valence-corrected chi connectivity index (χ3v) is 5.71. The monoisotopic (exact) mass is 395 g/mol. The summed E-state index contributed by atoms with van der Waals surface area (Å²) in [5.74, 6) is -0.595. The fourth-order valence-corrected chi connectivity index (χ4v) is 3.64. The summed E-state index contributed by atoms with van der Waals surface area (Å²) in [6.45, 7) is 2.28. The summed E-state index contributed by atoms with van der Waals surface area (Å²) in [4.78, 5) is 41.7. The van der Waals surface area contributed by atoms with Crippen LogP contribution in [-0.2, 0) is 30.6 Å². The fraction of sp³-hybridized carbons (Fsp3) is 0.500. The van der Waals surface area contributed by atoms with E-state index in [4.69, 9.17) is 0 Å². The molecule has 1 aliphatic rings. The normalized spacial score (nSPS) is 17.6. The van der Waals surface area contributed by atoms with Crippen molar-refractivity contribution >= 4 is 27.6 Å². The molecule has 0 radical (unpaired) electrons. The summed E-state index contributed by atoms with van der Waals surface area (Å²) in [7, 11) is -0.0699. The molecule has 0 unspecified atom stereocenters. The first-order valence-corrected chi connectivity index (χ1v) is 10.4. The topological polar surface area (TPSA) is 95.1 Å². The minimum atomic E-state index is -3.30. The molecule has 9 heteroatoms. The Labute approximate surface area is 159 Å². The molecule has 2 rings (SSSR count). The summed E-state index contributed by atoms with van der Waals surface area (Å²) in [5, 5.41) is 0. The van der Waals surface area contributed by atoms with Crippen LogP contribution in [-0.4, -0.2) is 86.9 Å². The number of carbonyl (C=O) groups excluding carboxylic acids is 3. The van der Waals surface area contributed by atoms with Gasteiger partial charge >= 0.3 is 0 Å². The van der Waals surface area contributed by atoms with E-state index in [1.165, 1.54) is 28.9 Å². The molecule has 1 fully saturated rings. The summed E-state index contributed by atoms with van der Waals surface area (Å²) < 4.78 is 23.1. The molecule has 0 N–H and O–H groups in total. The first-order valence-electron chi connectivity index (χ1n) is 8.56. The number of hydrogen-bond donors (Lipinski definition) is 0. The van der Waals surface area contributed by atoms with Gasteiger partial charge in [-0.1, -0.05) is 12.1 Å². The van der Waals surface area contributed by atoms with Gasteiger partial charge in [0.2, 0.25) is 17.7 Å². The van der Waals surface area contributed by atoms with Crippen molar-refractivity contribution in [1.82, 2.24) is 14.7 Å². The molecule has 1 aromatic rings. The van der Waals surface area contributed by atoms with Crippen LogP contribution in [0.15, 0.2) is 29.2 Å². The molecule has 0 aliphatic carbocycles. The Morgan fingerprint density at radius 2 is 1.70 bits per heavy atom. The van der Waals surface area contributed by atoms with E-state index < -0.39 is 15.9 Å². The second-order valence-electron chi connectivity index (χ2n) is 6.89. The quantitative estimate of drug-likeness (QED) is 0.702. The molecule has 148 valence electrons. The van der Waals surface area contributed by atoms with Crippen LogP contribution in [0.5, 0.6) is 0 Å². The molecule has 1 heterocycles. The lowest BCUT2D eigenvalue weighted by molar-refractivity contribution is -0.150. The summed E-state index contributed by atoms with van der Waals surface area (Å²) in [6, 6.07) is 5.41. The maximum Gasteiger partial charge on any atom is 0.246 e. The zero-order chi connectivity index (χ0) is 20.4. The Kier molecular flexibility index (Phi) is 6.25. The van der Waals surface area contributed by atoms with Crippen molar-refractivity contribution in [3.63, 3.8) is 0 Å². The third kappa shape index (κ3) is 5.06. The third-order valence-electron chi connectivity index (χ3n) is 4.58. The van der Waals surface area contributed by atoms with E-state index in [-0.39, 0.29) is 42.1 Å². The van der Waals surface area contributed by atoms with Gasteiger partial charge in [-0.3, -0.25) is 14.4 Å². The highest BCUT2D eigenvalue weighted by Gasteiger charge is 2.36. The maximum absolute atomic E-state index is 12.8. The molecule has 0 spiro atoms. The van der Waals surface area contributed by atoms with Crippen LogP contribution in [0, 0.1) is 0 Å². The number of nitrogens with zero attached hydrogens (tertiary/aromatic N) is 3. The van der Waals surface area contributed by atoms with Crippen molar-refractivity contribution in [2.75, 3.05) is 40.0 Å². The molecule has 1 aromatic carbocycles. The van der Waals surface area contributed by atoms with Crippen molar-refractivity contribution in [3.8, 4) is 0 Å². The number of piperazine rings is 1. The van der Waals surface area contributed by atoms with Crippen LogP contribution in [0.25, 0.3) is 0 Å². The number of benzene rings is 1. The Morgan fingerprint density at radius 3 is 2.19 bits per heavy atom. The number of hydrogen-bond acceptors (Lipinski definition) is 5. The minimum absolute atomic E-state index is 0.0569. The summed E-state index contributed by atoms with van der Waals surface area (Å²) in [5.41, 5.74) is 0.664. The average Bonchev–Trinajstić information content (AvgIpc) is 2.60. The Morgan fingerprint density at radius 1 is 1.11 bits per heavy atom. The van der Waals surface area contributed by atoms with Gasteiger partial charge in [0.15, 0.2) is 9.84 Å². The van der Waals surface area contributed by atoms with Gasteiger partial charge in [-0.25, -0.2) is 8.42 Å². The van der Waals surface area contributed by atoms with Crippen molar-refractivity contribution < 1.29 is 22.8 Å². The molecule has 0 saturated carbocycles. The Hall–Kier alpha value is -2.42. The lowest BCUT2D eigenvalue weighted by Crippen LogP contribution is -2.61. The molecule has 27 heavy (non-hydrogen) atoms. The molecule has 1 aliphatic heterocycles. The van der Waals surface area contributed by atoms with Crippen molar-refractivity contribution in [3.05, 3.63) is 29.8 Å². The van der Waals surface area contributed by atoms with E-state index in [2.05, 4.69) is 0 Å². The molecular formula is C18H25N3O5S. The van der Waals surface area contributed by atoms with E-state index >= 15 is 0 Å². The minimum Gasteiger partial charge on any atom is -0.347 e. The van der Waals surface area contributed by atoms with Gasteiger partial charge in [-0.05, 0) is 17.7 Å². The van der Waals surface area contributed by atoms with Crippen LogP contribution >= 0.6 is 0 Å². The number of carbonyl (C=O) groups is 3. The highest BCUT2D eigenvalue weighted by molar-refractivity contribution is 7.90. The number of rotatable bonds is 4. The molecule has 1 saturated heterocycles. The van der Waals surface area contributed by atoms with E-state index in [0.29, 0.717) is 12.1 Å². The fourth-order valence-electron chi connectivity index (χ4n) is 3.01. The molecule has 0 bridgehead atoms. The van der Waals surface area contributed by atoms with Crippen LogP contribution in [0.4, 0.5) is 0 Å². The second kappa shape index (κ2) is 8.08. The van der Waals surface area contributed by atoms with E-state index in [0.717, 1.165) is 6.26 Å². The van der Waals surface area contributed by atoms with Gasteiger partial charge in [0.25, 0.3) is 0 Å². The summed E-state index contributed by atoms with van der Waals surface area (Å²) >= 11 is 0. The highest BCUT2D eigenvalue weighted by atomic mass is 32.2. The van der Waals surface area contributed by atoms with Gasteiger partial charge in [0.1, 0.15) is 6.04 Å². The number of likely N-dealkylation sites (N-methyl/N-ethyl adjacent to an activating group) is 1. The zero-order valence-corrected chi connectivity index (χ0v) is 16.8. The molecule has 0 aromatic heterocycles. The van der Waals surface area contributed by atoms with E-state index in [9.17, 15) is 22.8 Å². The van der Waals surface area contributed by atoms with Crippen LogP contribution in [0.3, 0.4) is 0 Å².